The molecule has 104 valence electrons. The number of allylic oxidation sites excluding steroid dienone is 1. The van der Waals surface area contributed by atoms with E-state index in [1.165, 1.54) is 31.3 Å². The van der Waals surface area contributed by atoms with E-state index in [1.807, 2.05) is 0 Å². The molecular weight excluding hydrogens is 238 g/mol. The van der Waals surface area contributed by atoms with E-state index in [1.54, 1.807) is 6.07 Å². The van der Waals surface area contributed by atoms with Gasteiger partial charge in [0, 0.05) is 18.3 Å². The highest BCUT2D eigenvalue weighted by Crippen LogP contribution is 2.19. The Morgan fingerprint density at radius 1 is 1.37 bits per heavy atom. The molecular formula is C15H23N3O. The minimum Gasteiger partial charge on any atom is -0.355 e. The van der Waals surface area contributed by atoms with Crippen LogP contribution in [0.4, 0.5) is 5.95 Å². The van der Waals surface area contributed by atoms with Crippen molar-refractivity contribution in [3.05, 3.63) is 33.8 Å². The number of nitrogens with one attached hydrogen (secondary N) is 2. The summed E-state index contributed by atoms with van der Waals surface area (Å²) in [6.07, 6.45) is 10.3. The van der Waals surface area contributed by atoms with Crippen molar-refractivity contribution < 1.29 is 0 Å². The van der Waals surface area contributed by atoms with Crippen molar-refractivity contribution in [3.8, 4) is 0 Å². The summed E-state index contributed by atoms with van der Waals surface area (Å²) < 4.78 is 0. The number of H-pyrrole nitrogens is 1. The van der Waals surface area contributed by atoms with Gasteiger partial charge >= 0.3 is 0 Å². The zero-order valence-corrected chi connectivity index (χ0v) is 11.7. The van der Waals surface area contributed by atoms with Crippen LogP contribution in [0.1, 0.15) is 51.1 Å². The number of aryl methyl sites for hydroxylation is 1. The maximum absolute atomic E-state index is 11.5. The Morgan fingerprint density at radius 3 is 3.00 bits per heavy atom. The smallest absolute Gasteiger partial charge is 0.252 e. The van der Waals surface area contributed by atoms with E-state index in [0.29, 0.717) is 5.95 Å². The minimum absolute atomic E-state index is 0.0715. The van der Waals surface area contributed by atoms with Crippen LogP contribution in [0.3, 0.4) is 0 Å². The molecule has 0 aromatic carbocycles. The fraction of sp³-hybridized carbons (Fsp3) is 0.600. The monoisotopic (exact) mass is 261 g/mol. The molecule has 1 aromatic rings. The van der Waals surface area contributed by atoms with Crippen LogP contribution in [0.5, 0.6) is 0 Å². The first-order chi connectivity index (χ1) is 9.28. The summed E-state index contributed by atoms with van der Waals surface area (Å²) in [5.74, 6) is 0.604. The summed E-state index contributed by atoms with van der Waals surface area (Å²) in [7, 11) is 0. The minimum atomic E-state index is -0.0715. The van der Waals surface area contributed by atoms with E-state index < -0.39 is 0 Å². The van der Waals surface area contributed by atoms with Crippen molar-refractivity contribution in [1.29, 1.82) is 0 Å². The van der Waals surface area contributed by atoms with Crippen molar-refractivity contribution in [2.75, 3.05) is 11.9 Å². The standard InChI is InChI=1S/C15H23N3O/c1-2-6-13-11-14(19)18-15(17-13)16-10-9-12-7-4-3-5-8-12/h7,11H,2-6,8-10H2,1H3,(H2,16,17,18,19). The average molecular weight is 261 g/mol. The molecule has 0 radical (unpaired) electrons. The third kappa shape index (κ3) is 4.54. The quantitative estimate of drug-likeness (QED) is 0.774. The van der Waals surface area contributed by atoms with Gasteiger partial charge in [0.05, 0.1) is 0 Å². The lowest BCUT2D eigenvalue weighted by atomic mass is 9.97. The van der Waals surface area contributed by atoms with Gasteiger partial charge in [-0.25, -0.2) is 4.98 Å². The van der Waals surface area contributed by atoms with Gasteiger partial charge in [0.1, 0.15) is 0 Å². The Balaban J connectivity index is 1.88. The van der Waals surface area contributed by atoms with Crippen LogP contribution in [-0.4, -0.2) is 16.5 Å². The van der Waals surface area contributed by atoms with Gasteiger partial charge in [0.15, 0.2) is 0 Å². The number of rotatable bonds is 6. The van der Waals surface area contributed by atoms with E-state index in [4.69, 9.17) is 0 Å². The van der Waals surface area contributed by atoms with Crippen LogP contribution >= 0.6 is 0 Å². The first kappa shape index (κ1) is 13.8. The molecule has 0 bridgehead atoms. The highest BCUT2D eigenvalue weighted by Gasteiger charge is 2.04. The van der Waals surface area contributed by atoms with E-state index in [-0.39, 0.29) is 5.56 Å². The van der Waals surface area contributed by atoms with Crippen LogP contribution in [0.15, 0.2) is 22.5 Å². The molecule has 0 unspecified atom stereocenters. The molecule has 1 heterocycles. The van der Waals surface area contributed by atoms with Crippen LogP contribution in [-0.2, 0) is 6.42 Å². The average Bonchev–Trinajstić information content (AvgIpc) is 2.40. The second-order valence-corrected chi connectivity index (χ2v) is 5.12. The van der Waals surface area contributed by atoms with Gasteiger partial charge in [-0.3, -0.25) is 9.78 Å². The highest BCUT2D eigenvalue weighted by atomic mass is 16.1. The first-order valence-corrected chi connectivity index (χ1v) is 7.30. The van der Waals surface area contributed by atoms with Crippen molar-refractivity contribution in [3.63, 3.8) is 0 Å². The van der Waals surface area contributed by atoms with E-state index in [2.05, 4.69) is 28.3 Å². The second-order valence-electron chi connectivity index (χ2n) is 5.12. The molecule has 0 fully saturated rings. The normalized spacial score (nSPS) is 15.1. The summed E-state index contributed by atoms with van der Waals surface area (Å²) in [6, 6.07) is 1.58. The lowest BCUT2D eigenvalue weighted by molar-refractivity contribution is 0.679. The van der Waals surface area contributed by atoms with E-state index >= 15 is 0 Å². The Hall–Kier alpha value is -1.58. The Bertz CT molecular complexity index is 490. The molecule has 1 aliphatic rings. The molecule has 0 saturated heterocycles. The number of hydrogen-bond donors (Lipinski definition) is 2. The molecule has 0 saturated carbocycles. The highest BCUT2D eigenvalue weighted by molar-refractivity contribution is 5.25. The summed E-state index contributed by atoms with van der Waals surface area (Å²) in [6.45, 7) is 2.93. The fourth-order valence-electron chi connectivity index (χ4n) is 2.45. The van der Waals surface area contributed by atoms with E-state index in [0.717, 1.165) is 31.5 Å². The third-order valence-electron chi connectivity index (χ3n) is 3.42. The zero-order chi connectivity index (χ0) is 13.5. The molecule has 2 N–H and O–H groups in total. The summed E-state index contributed by atoms with van der Waals surface area (Å²) in [5, 5.41) is 3.22. The Kier molecular flexibility index (Phi) is 5.19. The molecule has 0 amide bonds. The molecule has 1 aliphatic carbocycles. The van der Waals surface area contributed by atoms with Crippen molar-refractivity contribution >= 4 is 5.95 Å². The summed E-state index contributed by atoms with van der Waals surface area (Å²) >= 11 is 0. The summed E-state index contributed by atoms with van der Waals surface area (Å²) in [4.78, 5) is 18.7. The van der Waals surface area contributed by atoms with Crippen LogP contribution in [0, 0.1) is 0 Å². The fourth-order valence-corrected chi connectivity index (χ4v) is 2.45. The molecule has 4 nitrogen and oxygen atoms in total. The molecule has 1 aromatic heterocycles. The predicted molar refractivity (Wildman–Crippen MR) is 78.5 cm³/mol. The molecule has 2 rings (SSSR count). The van der Waals surface area contributed by atoms with Crippen molar-refractivity contribution in [2.24, 2.45) is 0 Å². The van der Waals surface area contributed by atoms with Gasteiger partial charge in [0.25, 0.3) is 5.56 Å². The Labute approximate surface area is 114 Å². The molecule has 0 aliphatic heterocycles. The van der Waals surface area contributed by atoms with Gasteiger partial charge in [-0.15, -0.1) is 0 Å². The van der Waals surface area contributed by atoms with E-state index in [9.17, 15) is 4.79 Å². The number of anilines is 1. The Morgan fingerprint density at radius 2 is 2.26 bits per heavy atom. The van der Waals surface area contributed by atoms with Crippen LogP contribution in [0.2, 0.25) is 0 Å². The second kappa shape index (κ2) is 7.12. The largest absolute Gasteiger partial charge is 0.355 e. The van der Waals surface area contributed by atoms with Gasteiger partial charge < -0.3 is 5.32 Å². The lowest BCUT2D eigenvalue weighted by Gasteiger charge is -2.13. The van der Waals surface area contributed by atoms with Crippen LogP contribution < -0.4 is 10.9 Å². The molecule has 0 atom stereocenters. The van der Waals surface area contributed by atoms with Gasteiger partial charge in [-0.05, 0) is 38.5 Å². The number of aromatic nitrogens is 2. The first-order valence-electron chi connectivity index (χ1n) is 7.30. The number of aromatic amines is 1. The van der Waals surface area contributed by atoms with Gasteiger partial charge in [-0.1, -0.05) is 25.0 Å². The topological polar surface area (TPSA) is 57.8 Å². The predicted octanol–water partition coefficient (Wildman–Crippen LogP) is 3.02. The number of hydrogen-bond acceptors (Lipinski definition) is 3. The van der Waals surface area contributed by atoms with Crippen molar-refractivity contribution in [1.82, 2.24) is 9.97 Å². The SMILES string of the molecule is CCCc1cc(=O)[nH]c(NCCC2=CCCCC2)n1. The molecule has 4 heteroatoms. The molecule has 0 spiro atoms. The molecule has 19 heavy (non-hydrogen) atoms. The third-order valence-corrected chi connectivity index (χ3v) is 3.42. The zero-order valence-electron chi connectivity index (χ0n) is 11.7. The maximum Gasteiger partial charge on any atom is 0.252 e. The van der Waals surface area contributed by atoms with Gasteiger partial charge in [0.2, 0.25) is 5.95 Å². The lowest BCUT2D eigenvalue weighted by Crippen LogP contribution is -2.15. The van der Waals surface area contributed by atoms with Crippen molar-refractivity contribution in [2.45, 2.75) is 51.9 Å². The number of nitrogens with zero attached hydrogens (tertiary/aromatic N) is 1. The van der Waals surface area contributed by atoms with Crippen LogP contribution in [0.25, 0.3) is 0 Å². The maximum atomic E-state index is 11.5. The summed E-state index contributed by atoms with van der Waals surface area (Å²) in [5.41, 5.74) is 2.33. The van der Waals surface area contributed by atoms with Gasteiger partial charge in [-0.2, -0.15) is 0 Å².